The highest BCUT2D eigenvalue weighted by molar-refractivity contribution is 6.39. The third-order valence-corrected chi connectivity index (χ3v) is 6.87. The summed E-state index contributed by atoms with van der Waals surface area (Å²) >= 11 is 0. The molecule has 0 saturated carbocycles. The molecule has 0 radical (unpaired) electrons. The van der Waals surface area contributed by atoms with Crippen LogP contribution >= 0.6 is 0 Å². The molecule has 1 N–H and O–H groups in total. The largest absolute Gasteiger partial charge is 0.335 e. The fourth-order valence-electron chi connectivity index (χ4n) is 4.67. The van der Waals surface area contributed by atoms with E-state index in [0.717, 1.165) is 50.6 Å². The molecular formula is C29H31N3O3. The van der Waals surface area contributed by atoms with Crippen LogP contribution in [0.15, 0.2) is 54.1 Å². The highest BCUT2D eigenvalue weighted by Gasteiger charge is 2.37. The monoisotopic (exact) mass is 469 g/mol. The predicted octanol–water partition coefficient (Wildman–Crippen LogP) is 5.89. The Morgan fingerprint density at radius 3 is 2.17 bits per heavy atom. The van der Waals surface area contributed by atoms with Crippen LogP contribution in [0.3, 0.4) is 0 Å². The molecule has 35 heavy (non-hydrogen) atoms. The number of hydrogen-bond donors (Lipinski definition) is 1. The number of imide groups is 2. The first-order chi connectivity index (χ1) is 16.6. The number of carbonyl (C=O) groups excluding carboxylic acids is 3. The van der Waals surface area contributed by atoms with Gasteiger partial charge in [0.1, 0.15) is 5.57 Å². The smallest absolute Gasteiger partial charge is 0.317 e. The highest BCUT2D eigenvalue weighted by atomic mass is 16.2. The van der Waals surface area contributed by atoms with E-state index in [9.17, 15) is 14.4 Å². The lowest BCUT2D eigenvalue weighted by Gasteiger charge is -2.26. The molecule has 0 spiro atoms. The quantitative estimate of drug-likeness (QED) is 0.374. The van der Waals surface area contributed by atoms with Crippen LogP contribution in [0.4, 0.5) is 10.5 Å². The van der Waals surface area contributed by atoms with E-state index in [2.05, 4.69) is 49.7 Å². The zero-order chi connectivity index (χ0) is 25.4. The van der Waals surface area contributed by atoms with Crippen LogP contribution in [0.1, 0.15) is 59.8 Å². The average molecular weight is 470 g/mol. The molecule has 1 saturated heterocycles. The van der Waals surface area contributed by atoms with Crippen molar-refractivity contribution in [2.75, 3.05) is 4.90 Å². The molecule has 1 fully saturated rings. The highest BCUT2D eigenvalue weighted by Crippen LogP contribution is 2.29. The molecule has 0 bridgehead atoms. The van der Waals surface area contributed by atoms with E-state index in [0.29, 0.717) is 11.6 Å². The Morgan fingerprint density at radius 1 is 0.943 bits per heavy atom. The van der Waals surface area contributed by atoms with Crippen molar-refractivity contribution in [2.45, 2.75) is 53.9 Å². The molecule has 180 valence electrons. The normalized spacial score (nSPS) is 16.1. The van der Waals surface area contributed by atoms with Gasteiger partial charge in [-0.25, -0.2) is 9.69 Å². The van der Waals surface area contributed by atoms with E-state index in [1.807, 2.05) is 38.1 Å². The maximum absolute atomic E-state index is 13.4. The first-order valence-electron chi connectivity index (χ1n) is 11.9. The number of para-hydroxylation sites is 1. The Labute approximate surface area is 206 Å². The number of benzene rings is 2. The van der Waals surface area contributed by atoms with Gasteiger partial charge in [0, 0.05) is 11.4 Å². The van der Waals surface area contributed by atoms with Gasteiger partial charge in [-0.2, -0.15) is 0 Å². The minimum absolute atomic E-state index is 0.0719. The number of nitrogens with zero attached hydrogens (tertiary/aromatic N) is 2. The molecular weight excluding hydrogens is 438 g/mol. The Bertz CT molecular complexity index is 1340. The Morgan fingerprint density at radius 2 is 1.57 bits per heavy atom. The Kier molecular flexibility index (Phi) is 6.48. The molecule has 2 heterocycles. The summed E-state index contributed by atoms with van der Waals surface area (Å²) < 4.78 is 2.14. The van der Waals surface area contributed by atoms with Crippen molar-refractivity contribution in [1.82, 2.24) is 9.88 Å². The van der Waals surface area contributed by atoms with Crippen LogP contribution in [0.2, 0.25) is 0 Å². The molecule has 2 aromatic carbocycles. The number of carbonyl (C=O) groups is 3. The standard InChI is InChI=1S/C29H31N3O3/c1-7-17(2)22-11-13-24(14-12-22)32-28(34)25(27(33)30-29(32)35)16-23-15-20(5)31(21(23)6)26-18(3)9-8-10-19(26)4/h8-17H,7H2,1-6H3,(H,30,33,35). The SMILES string of the molecule is CCC(C)c1ccc(N2C(=O)NC(=O)C(=Cc3cc(C)n(-c4c(C)cccc4C)c3C)C2=O)cc1. The molecule has 4 rings (SSSR count). The first-order valence-corrected chi connectivity index (χ1v) is 11.9. The van der Waals surface area contributed by atoms with Crippen LogP contribution in [0.5, 0.6) is 0 Å². The third-order valence-electron chi connectivity index (χ3n) is 6.87. The number of amides is 4. The van der Waals surface area contributed by atoms with Crippen molar-refractivity contribution >= 4 is 29.6 Å². The fourth-order valence-corrected chi connectivity index (χ4v) is 4.67. The van der Waals surface area contributed by atoms with Gasteiger partial charge in [0.25, 0.3) is 11.8 Å². The van der Waals surface area contributed by atoms with Gasteiger partial charge < -0.3 is 4.57 Å². The van der Waals surface area contributed by atoms with E-state index in [1.165, 1.54) is 0 Å². The van der Waals surface area contributed by atoms with E-state index >= 15 is 0 Å². The van der Waals surface area contributed by atoms with Crippen molar-refractivity contribution in [2.24, 2.45) is 0 Å². The lowest BCUT2D eigenvalue weighted by molar-refractivity contribution is -0.122. The molecule has 1 unspecified atom stereocenters. The van der Waals surface area contributed by atoms with Crippen molar-refractivity contribution in [3.8, 4) is 5.69 Å². The number of aryl methyl sites for hydroxylation is 3. The van der Waals surface area contributed by atoms with Gasteiger partial charge in [-0.05, 0) is 86.6 Å². The van der Waals surface area contributed by atoms with Gasteiger partial charge >= 0.3 is 6.03 Å². The molecule has 1 aliphatic rings. The van der Waals surface area contributed by atoms with Crippen LogP contribution < -0.4 is 10.2 Å². The summed E-state index contributed by atoms with van der Waals surface area (Å²) in [6.07, 6.45) is 2.57. The summed E-state index contributed by atoms with van der Waals surface area (Å²) in [5, 5.41) is 2.32. The minimum Gasteiger partial charge on any atom is -0.317 e. The summed E-state index contributed by atoms with van der Waals surface area (Å²) in [6.45, 7) is 12.3. The number of rotatable bonds is 5. The molecule has 0 aliphatic carbocycles. The van der Waals surface area contributed by atoms with Crippen LogP contribution in [-0.4, -0.2) is 22.4 Å². The zero-order valence-electron chi connectivity index (χ0n) is 21.1. The van der Waals surface area contributed by atoms with Crippen molar-refractivity contribution in [1.29, 1.82) is 0 Å². The summed E-state index contributed by atoms with van der Waals surface area (Å²) in [6, 6.07) is 14.7. The number of anilines is 1. The maximum Gasteiger partial charge on any atom is 0.335 e. The second-order valence-corrected chi connectivity index (χ2v) is 9.26. The van der Waals surface area contributed by atoms with Gasteiger partial charge in [0.05, 0.1) is 11.4 Å². The maximum atomic E-state index is 13.4. The molecule has 3 aromatic rings. The number of aromatic nitrogens is 1. The van der Waals surface area contributed by atoms with Crippen molar-refractivity contribution < 1.29 is 14.4 Å². The third kappa shape index (κ3) is 4.32. The minimum atomic E-state index is -0.741. The average Bonchev–Trinajstić information content (AvgIpc) is 3.09. The van der Waals surface area contributed by atoms with Gasteiger partial charge in [-0.1, -0.05) is 44.2 Å². The fraction of sp³-hybridized carbons (Fsp3) is 0.276. The van der Waals surface area contributed by atoms with E-state index in [4.69, 9.17) is 0 Å². The molecule has 6 heteroatoms. The van der Waals surface area contributed by atoms with E-state index in [1.54, 1.807) is 18.2 Å². The summed E-state index contributed by atoms with van der Waals surface area (Å²) in [4.78, 5) is 39.7. The van der Waals surface area contributed by atoms with Crippen molar-refractivity contribution in [3.05, 3.63) is 87.7 Å². The molecule has 6 nitrogen and oxygen atoms in total. The van der Waals surface area contributed by atoms with Crippen LogP contribution in [0.25, 0.3) is 11.8 Å². The lowest BCUT2D eigenvalue weighted by Crippen LogP contribution is -2.54. The predicted molar refractivity (Wildman–Crippen MR) is 139 cm³/mol. The molecule has 4 amide bonds. The second-order valence-electron chi connectivity index (χ2n) is 9.26. The van der Waals surface area contributed by atoms with Crippen molar-refractivity contribution in [3.63, 3.8) is 0 Å². The summed E-state index contributed by atoms with van der Waals surface area (Å²) in [5.41, 5.74) is 7.50. The zero-order valence-corrected chi connectivity index (χ0v) is 21.1. The number of urea groups is 1. The van der Waals surface area contributed by atoms with E-state index in [-0.39, 0.29) is 5.57 Å². The van der Waals surface area contributed by atoms with Crippen LogP contribution in [-0.2, 0) is 9.59 Å². The van der Waals surface area contributed by atoms with Gasteiger partial charge in [0.15, 0.2) is 0 Å². The Balaban J connectivity index is 1.74. The Hall–Kier alpha value is -3.93. The first kappa shape index (κ1) is 24.2. The molecule has 1 atom stereocenters. The van der Waals surface area contributed by atoms with Gasteiger partial charge in [-0.15, -0.1) is 0 Å². The number of nitrogens with one attached hydrogen (secondary N) is 1. The lowest BCUT2D eigenvalue weighted by atomic mass is 9.98. The molecule has 1 aromatic heterocycles. The number of hydrogen-bond acceptors (Lipinski definition) is 3. The topological polar surface area (TPSA) is 71.4 Å². The molecule has 1 aliphatic heterocycles. The van der Waals surface area contributed by atoms with Gasteiger partial charge in [0.2, 0.25) is 0 Å². The van der Waals surface area contributed by atoms with Crippen LogP contribution in [0, 0.1) is 27.7 Å². The summed E-state index contributed by atoms with van der Waals surface area (Å²) in [5.74, 6) is -0.949. The van der Waals surface area contributed by atoms with E-state index < -0.39 is 17.8 Å². The number of barbiturate groups is 1. The van der Waals surface area contributed by atoms with Gasteiger partial charge in [-0.3, -0.25) is 14.9 Å². The summed E-state index contributed by atoms with van der Waals surface area (Å²) in [7, 11) is 0. The second kappa shape index (κ2) is 9.37.